The molecule has 30 heavy (non-hydrogen) atoms. The topological polar surface area (TPSA) is 90.0 Å². The highest BCUT2D eigenvalue weighted by Crippen LogP contribution is 2.34. The second kappa shape index (κ2) is 7.16. The first-order valence-electron chi connectivity index (χ1n) is 13.3. The van der Waals surface area contributed by atoms with Gasteiger partial charge < -0.3 is 4.90 Å². The summed E-state index contributed by atoms with van der Waals surface area (Å²) in [6.07, 6.45) is -0.384. The van der Waals surface area contributed by atoms with Gasteiger partial charge in [-0.15, -0.1) is 0 Å². The van der Waals surface area contributed by atoms with Crippen molar-refractivity contribution in [3.8, 4) is 0 Å². The van der Waals surface area contributed by atoms with Crippen LogP contribution < -0.4 is 10.2 Å². The molecule has 0 spiro atoms. The van der Waals surface area contributed by atoms with Gasteiger partial charge in [0.25, 0.3) is 11.8 Å². The third-order valence-electron chi connectivity index (χ3n) is 4.98. The number of imide groups is 2. The fourth-order valence-electron chi connectivity index (χ4n) is 3.39. The van der Waals surface area contributed by atoms with Crippen LogP contribution in [-0.4, -0.2) is 71.0 Å². The largest absolute Gasteiger partial charge is 0.367 e. The number of nitrogens with zero attached hydrogens (tertiary/aromatic N) is 3. The number of hydrogen-bond acceptors (Lipinski definition) is 6. The smallest absolute Gasteiger partial charge is 0.265 e. The molecule has 0 aromatic heterocycles. The van der Waals surface area contributed by atoms with Gasteiger partial charge >= 0.3 is 0 Å². The lowest BCUT2D eigenvalue weighted by Gasteiger charge is -2.43. The van der Waals surface area contributed by atoms with Gasteiger partial charge in [0.2, 0.25) is 11.8 Å². The first-order valence-corrected chi connectivity index (χ1v) is 9.26. The molecule has 0 unspecified atom stereocenters. The maximum Gasteiger partial charge on any atom is 0.265 e. The zero-order valence-corrected chi connectivity index (χ0v) is 16.5. The molecule has 0 radical (unpaired) electrons. The van der Waals surface area contributed by atoms with Crippen molar-refractivity contribution in [1.82, 2.24) is 15.1 Å². The van der Waals surface area contributed by atoms with Crippen molar-refractivity contribution in [2.45, 2.75) is 45.2 Å². The molecule has 1 atom stereocenters. The highest BCUT2D eigenvalue weighted by atomic mass is 19.1. The Morgan fingerprint density at radius 1 is 1.07 bits per heavy atom. The molecule has 8 nitrogen and oxygen atoms in total. The number of amides is 4. The van der Waals surface area contributed by atoms with Gasteiger partial charge in [0.05, 0.1) is 22.3 Å². The number of carbonyl (C=O) groups excluding carboxylic acids is 4. The molecular formula is C21H25FN4O4. The average molecular weight is 425 g/mol. The second-order valence-electron chi connectivity index (χ2n) is 8.06. The monoisotopic (exact) mass is 424 g/mol. The molecule has 0 saturated carbocycles. The summed E-state index contributed by atoms with van der Waals surface area (Å²) in [6.45, 7) is -9.16. The summed E-state index contributed by atoms with van der Waals surface area (Å²) < 4.78 is 84.2. The highest BCUT2D eigenvalue weighted by molar-refractivity contribution is 6.24. The van der Waals surface area contributed by atoms with Crippen LogP contribution >= 0.6 is 0 Å². The Kier molecular flexibility index (Phi) is 3.05. The van der Waals surface area contributed by atoms with Crippen molar-refractivity contribution < 1.29 is 34.5 Å². The van der Waals surface area contributed by atoms with E-state index >= 15 is 4.39 Å². The molecule has 9 heteroatoms. The molecule has 2 saturated heterocycles. The third kappa shape index (κ3) is 3.27. The molecule has 3 aliphatic rings. The van der Waals surface area contributed by atoms with Gasteiger partial charge in [-0.2, -0.15) is 0 Å². The minimum atomic E-state index is -3.40. The van der Waals surface area contributed by atoms with Crippen molar-refractivity contribution in [2.24, 2.45) is 0 Å². The van der Waals surface area contributed by atoms with Gasteiger partial charge in [0.15, 0.2) is 5.82 Å². The van der Waals surface area contributed by atoms with E-state index in [1.54, 1.807) is 0 Å². The van der Waals surface area contributed by atoms with Gasteiger partial charge in [0, 0.05) is 43.4 Å². The van der Waals surface area contributed by atoms with Crippen LogP contribution in [0.5, 0.6) is 0 Å². The standard InChI is InChI=1S/C21H25FN4O4/c1-21(2,3)25-10-8-24(9-11-25)13-5-4-12-16(17(13)22)20(30)26(19(12)29)14-6-7-15(27)23-18(14)28/h4-5,14H,6-11H2,1-3H3,(H,23,27,28)/t14-/m1/s1/i8D2,9D2,10D2,11D2. The van der Waals surface area contributed by atoms with E-state index in [0.717, 1.165) is 12.1 Å². The number of nitrogens with one attached hydrogen (secondary N) is 1. The molecule has 4 amide bonds. The molecule has 0 bridgehead atoms. The summed E-state index contributed by atoms with van der Waals surface area (Å²) in [5.74, 6) is -5.47. The lowest BCUT2D eigenvalue weighted by Crippen LogP contribution is -2.54. The zero-order chi connectivity index (χ0) is 29.0. The quantitative estimate of drug-likeness (QED) is 0.717. The predicted molar refractivity (Wildman–Crippen MR) is 107 cm³/mol. The molecule has 1 N–H and O–H groups in total. The summed E-state index contributed by atoms with van der Waals surface area (Å²) >= 11 is 0. The minimum Gasteiger partial charge on any atom is -0.367 e. The summed E-state index contributed by atoms with van der Waals surface area (Å²) in [5, 5.41) is 1.99. The van der Waals surface area contributed by atoms with Crippen molar-refractivity contribution in [3.63, 3.8) is 0 Å². The number of fused-ring (bicyclic) bond motifs is 1. The Morgan fingerprint density at radius 2 is 1.73 bits per heavy atom. The van der Waals surface area contributed by atoms with Crippen LogP contribution in [0.1, 0.15) is 65.3 Å². The Labute approximate surface area is 185 Å². The number of hydrogen-bond donors (Lipinski definition) is 1. The van der Waals surface area contributed by atoms with Crippen LogP contribution in [-0.2, 0) is 9.59 Å². The van der Waals surface area contributed by atoms with Crippen LogP contribution in [0.25, 0.3) is 0 Å². The van der Waals surface area contributed by atoms with Crippen LogP contribution in [0.3, 0.4) is 0 Å². The Bertz CT molecular complexity index is 1250. The number of anilines is 1. The molecule has 2 fully saturated rings. The Hall–Kier alpha value is -2.81. The number of halogens is 1. The Balaban J connectivity index is 1.87. The molecule has 3 heterocycles. The van der Waals surface area contributed by atoms with E-state index in [9.17, 15) is 19.2 Å². The molecule has 4 rings (SSSR count). The number of rotatable bonds is 2. The highest BCUT2D eigenvalue weighted by Gasteiger charge is 2.46. The summed E-state index contributed by atoms with van der Waals surface area (Å²) in [7, 11) is 0. The van der Waals surface area contributed by atoms with Crippen molar-refractivity contribution in [3.05, 3.63) is 29.1 Å². The van der Waals surface area contributed by atoms with Gasteiger partial charge in [0.1, 0.15) is 6.04 Å². The zero-order valence-electron chi connectivity index (χ0n) is 24.5. The van der Waals surface area contributed by atoms with Gasteiger partial charge in [-0.1, -0.05) is 0 Å². The SMILES string of the molecule is [2H]C1([2H])N(c2ccc3c(c2F)C(=O)N([C@@H]2CCC(=O)NC2=O)C3=O)C([2H])([2H])C([2H])([2H])N(C(C)(C)C)C1([2H])[2H]. The van der Waals surface area contributed by atoms with Crippen molar-refractivity contribution in [1.29, 1.82) is 0 Å². The van der Waals surface area contributed by atoms with E-state index in [2.05, 4.69) is 0 Å². The summed E-state index contributed by atoms with van der Waals surface area (Å²) in [6, 6.07) is 0.259. The fraction of sp³-hybridized carbons (Fsp3) is 0.524. The number of piperazine rings is 1. The van der Waals surface area contributed by atoms with Crippen LogP contribution in [0, 0.1) is 5.82 Å². The van der Waals surface area contributed by atoms with E-state index in [1.807, 2.05) is 5.32 Å². The lowest BCUT2D eigenvalue weighted by molar-refractivity contribution is -0.136. The van der Waals surface area contributed by atoms with Gasteiger partial charge in [-0.25, -0.2) is 4.39 Å². The van der Waals surface area contributed by atoms with Gasteiger partial charge in [-0.3, -0.25) is 34.3 Å². The van der Waals surface area contributed by atoms with Gasteiger partial charge in [-0.05, 0) is 39.3 Å². The number of piperidine rings is 1. The van der Waals surface area contributed by atoms with Crippen LogP contribution in [0.4, 0.5) is 10.1 Å². The summed E-state index contributed by atoms with van der Waals surface area (Å²) in [4.78, 5) is 50.8. The average Bonchev–Trinajstić information content (AvgIpc) is 2.98. The first-order chi connectivity index (χ1) is 17.1. The molecule has 0 aliphatic carbocycles. The maximum absolute atomic E-state index is 16.0. The number of carbonyl (C=O) groups is 4. The lowest BCUT2D eigenvalue weighted by atomic mass is 10.0. The maximum atomic E-state index is 16.0. The van der Waals surface area contributed by atoms with Crippen LogP contribution in [0.15, 0.2) is 12.1 Å². The first kappa shape index (κ1) is 12.8. The Morgan fingerprint density at radius 3 is 2.33 bits per heavy atom. The van der Waals surface area contributed by atoms with Crippen molar-refractivity contribution in [2.75, 3.05) is 30.9 Å². The van der Waals surface area contributed by atoms with E-state index in [4.69, 9.17) is 11.0 Å². The second-order valence-corrected chi connectivity index (χ2v) is 8.06. The molecule has 3 aliphatic heterocycles. The van der Waals surface area contributed by atoms with E-state index < -0.39 is 83.8 Å². The molecule has 1 aromatic carbocycles. The van der Waals surface area contributed by atoms with Crippen molar-refractivity contribution >= 4 is 29.3 Å². The van der Waals surface area contributed by atoms with Crippen LogP contribution in [0.2, 0.25) is 0 Å². The van der Waals surface area contributed by atoms with E-state index in [1.165, 1.54) is 20.8 Å². The third-order valence-corrected chi connectivity index (χ3v) is 4.98. The molecular weight excluding hydrogens is 391 g/mol. The normalized spacial score (nSPS) is 33.8. The fourth-order valence-corrected chi connectivity index (χ4v) is 3.39. The molecule has 1 aromatic rings. The van der Waals surface area contributed by atoms with E-state index in [-0.39, 0.29) is 17.7 Å². The number of benzene rings is 1. The minimum absolute atomic E-state index is 0.0236. The van der Waals surface area contributed by atoms with E-state index in [0.29, 0.717) is 9.80 Å². The summed E-state index contributed by atoms with van der Waals surface area (Å²) in [5.41, 5.74) is -3.82. The predicted octanol–water partition coefficient (Wildman–Crippen LogP) is 1.15. The molecule has 160 valence electrons.